The molecule has 1 fully saturated rings. The van der Waals surface area contributed by atoms with Gasteiger partial charge in [0.25, 0.3) is 0 Å². The Hall–Kier alpha value is 0.350. The molecule has 0 nitrogen and oxygen atoms in total. The second-order valence-corrected chi connectivity index (χ2v) is 10.1. The van der Waals surface area contributed by atoms with Gasteiger partial charge in [-0.25, -0.2) is 10.0 Å². The summed E-state index contributed by atoms with van der Waals surface area (Å²) in [5, 5.41) is 0. The molecule has 0 atom stereocenters. The highest BCUT2D eigenvalue weighted by Gasteiger charge is 2.32. The van der Waals surface area contributed by atoms with E-state index in [1.54, 1.807) is 0 Å². The molecule has 0 heterocycles. The second-order valence-electron chi connectivity index (χ2n) is 5.65. The Balaban J connectivity index is 2.57. The lowest BCUT2D eigenvalue weighted by Crippen LogP contribution is -2.29. The zero-order valence-corrected chi connectivity index (χ0v) is 10.7. The maximum atomic E-state index is 2.47. The Morgan fingerprint density at radius 3 is 1.92 bits per heavy atom. The molecule has 13 heavy (non-hydrogen) atoms. The molecule has 1 aliphatic rings. The predicted octanol–water partition coefficient (Wildman–Crippen LogP) is 4.04. The average Bonchev–Trinajstić information content (AvgIpc) is 2.03. The van der Waals surface area contributed by atoms with Crippen LogP contribution in [0.3, 0.4) is 0 Å². The lowest BCUT2D eigenvalue weighted by molar-refractivity contribution is 0.213. The fraction of sp³-hybridized carbons (Fsp3) is 1.00. The molecule has 1 aliphatic carbocycles. The first-order valence-electron chi connectivity index (χ1n) is 5.63. The molecule has 0 aromatic carbocycles. The van der Waals surface area contributed by atoms with Crippen LogP contribution in [-0.4, -0.2) is 24.5 Å². The van der Waals surface area contributed by atoms with Crippen molar-refractivity contribution >= 4 is 10.0 Å². The van der Waals surface area contributed by atoms with Crippen LogP contribution in [0.4, 0.5) is 0 Å². The van der Waals surface area contributed by atoms with Crippen LogP contribution in [0.2, 0.25) is 0 Å². The summed E-state index contributed by atoms with van der Waals surface area (Å²) in [5.74, 6) is 1.51. The number of rotatable bonds is 3. The van der Waals surface area contributed by atoms with Crippen molar-refractivity contribution in [1.29, 1.82) is 0 Å². The van der Waals surface area contributed by atoms with Crippen molar-refractivity contribution in [3.8, 4) is 0 Å². The van der Waals surface area contributed by atoms with Crippen molar-refractivity contribution in [1.82, 2.24) is 0 Å². The summed E-state index contributed by atoms with van der Waals surface area (Å²) in [5.41, 5.74) is 0.742. The molecular formula is C12H26S. The Kier molecular flexibility index (Phi) is 3.73. The molecule has 0 radical (unpaired) electrons. The number of hydrogen-bond acceptors (Lipinski definition) is 0. The fourth-order valence-electron chi connectivity index (χ4n) is 2.82. The van der Waals surface area contributed by atoms with Crippen molar-refractivity contribution < 1.29 is 0 Å². The Labute approximate surface area is 85.8 Å². The van der Waals surface area contributed by atoms with Crippen LogP contribution in [0.25, 0.3) is 0 Å². The number of hydrogen-bond donors (Lipinski definition) is 0. The van der Waals surface area contributed by atoms with E-state index >= 15 is 0 Å². The average molecular weight is 202 g/mol. The SMILES string of the molecule is CCC1(CS(C)(C)C)CCCCC1. The van der Waals surface area contributed by atoms with Gasteiger partial charge in [-0.2, -0.15) is 0 Å². The van der Waals surface area contributed by atoms with Gasteiger partial charge in [0.05, 0.1) is 0 Å². The van der Waals surface area contributed by atoms with Crippen LogP contribution in [0.5, 0.6) is 0 Å². The van der Waals surface area contributed by atoms with Gasteiger partial charge in [-0.1, -0.05) is 26.2 Å². The van der Waals surface area contributed by atoms with Crippen LogP contribution in [-0.2, 0) is 0 Å². The van der Waals surface area contributed by atoms with E-state index < -0.39 is 0 Å². The third kappa shape index (κ3) is 3.53. The van der Waals surface area contributed by atoms with Gasteiger partial charge >= 0.3 is 0 Å². The Morgan fingerprint density at radius 1 is 1.00 bits per heavy atom. The molecule has 1 rings (SSSR count). The topological polar surface area (TPSA) is 0 Å². The van der Waals surface area contributed by atoms with Crippen LogP contribution >= 0.6 is 10.0 Å². The van der Waals surface area contributed by atoms with Gasteiger partial charge in [0.15, 0.2) is 0 Å². The van der Waals surface area contributed by atoms with Crippen molar-refractivity contribution in [2.45, 2.75) is 45.4 Å². The lowest BCUT2D eigenvalue weighted by Gasteiger charge is -2.43. The van der Waals surface area contributed by atoms with Gasteiger partial charge in [-0.3, -0.25) is 0 Å². The summed E-state index contributed by atoms with van der Waals surface area (Å²) in [6.45, 7) is 2.40. The molecule has 0 aromatic heterocycles. The molecule has 80 valence electrons. The van der Waals surface area contributed by atoms with Gasteiger partial charge in [0, 0.05) is 0 Å². The standard InChI is InChI=1S/C12H26S/c1-5-12(11-13(2,3)4)9-7-6-8-10-12/h5-11H2,1-4H3. The molecule has 0 bridgehead atoms. The molecular weight excluding hydrogens is 176 g/mol. The smallest absolute Gasteiger partial charge is 0.0178 e. The zero-order valence-electron chi connectivity index (χ0n) is 9.86. The zero-order chi connectivity index (χ0) is 9.95. The lowest BCUT2D eigenvalue weighted by atomic mass is 9.74. The van der Waals surface area contributed by atoms with Gasteiger partial charge in [-0.05, 0) is 49.2 Å². The molecule has 0 amide bonds. The highest BCUT2D eigenvalue weighted by molar-refractivity contribution is 8.32. The van der Waals surface area contributed by atoms with Crippen LogP contribution < -0.4 is 0 Å². The van der Waals surface area contributed by atoms with Gasteiger partial charge in [0.1, 0.15) is 0 Å². The first-order valence-corrected chi connectivity index (χ1v) is 8.66. The van der Waals surface area contributed by atoms with E-state index in [0.717, 1.165) is 5.41 Å². The van der Waals surface area contributed by atoms with E-state index in [1.165, 1.54) is 44.3 Å². The molecule has 0 unspecified atom stereocenters. The molecule has 0 N–H and O–H groups in total. The minimum Gasteiger partial charge on any atom is -0.249 e. The summed E-state index contributed by atoms with van der Waals surface area (Å²) in [4.78, 5) is 0. The Morgan fingerprint density at radius 2 is 1.54 bits per heavy atom. The minimum absolute atomic E-state index is 0.294. The highest BCUT2D eigenvalue weighted by Crippen LogP contribution is 2.49. The largest absolute Gasteiger partial charge is 0.249 e. The van der Waals surface area contributed by atoms with E-state index in [0.29, 0.717) is 0 Å². The summed E-state index contributed by atoms with van der Waals surface area (Å²) in [7, 11) is -0.294. The van der Waals surface area contributed by atoms with E-state index in [4.69, 9.17) is 0 Å². The van der Waals surface area contributed by atoms with Gasteiger partial charge < -0.3 is 0 Å². The minimum atomic E-state index is -0.294. The molecule has 0 aromatic rings. The quantitative estimate of drug-likeness (QED) is 0.648. The fourth-order valence-corrected chi connectivity index (χ4v) is 5.15. The third-order valence-electron chi connectivity index (χ3n) is 3.40. The summed E-state index contributed by atoms with van der Waals surface area (Å²) >= 11 is 0. The summed E-state index contributed by atoms with van der Waals surface area (Å²) in [6, 6.07) is 0. The first kappa shape index (κ1) is 11.4. The third-order valence-corrected chi connectivity index (χ3v) is 4.88. The summed E-state index contributed by atoms with van der Waals surface area (Å²) < 4.78 is 0. The maximum absolute atomic E-state index is 2.47. The van der Waals surface area contributed by atoms with Crippen molar-refractivity contribution in [3.63, 3.8) is 0 Å². The van der Waals surface area contributed by atoms with E-state index in [1.807, 2.05) is 0 Å². The first-order chi connectivity index (χ1) is 5.97. The molecule has 0 saturated heterocycles. The molecule has 0 aliphatic heterocycles. The van der Waals surface area contributed by atoms with E-state index in [2.05, 4.69) is 25.7 Å². The van der Waals surface area contributed by atoms with Crippen LogP contribution in [0.15, 0.2) is 0 Å². The van der Waals surface area contributed by atoms with E-state index in [-0.39, 0.29) is 10.0 Å². The highest BCUT2D eigenvalue weighted by atomic mass is 32.3. The molecule has 1 saturated carbocycles. The monoisotopic (exact) mass is 202 g/mol. The van der Waals surface area contributed by atoms with E-state index in [9.17, 15) is 0 Å². The van der Waals surface area contributed by atoms with Crippen LogP contribution in [0, 0.1) is 5.41 Å². The van der Waals surface area contributed by atoms with Crippen molar-refractivity contribution in [3.05, 3.63) is 0 Å². The predicted molar refractivity (Wildman–Crippen MR) is 66.0 cm³/mol. The summed E-state index contributed by atoms with van der Waals surface area (Å²) in [6.07, 6.45) is 16.3. The Bertz CT molecular complexity index is 149. The second kappa shape index (κ2) is 4.25. The van der Waals surface area contributed by atoms with Crippen molar-refractivity contribution in [2.24, 2.45) is 5.41 Å². The normalized spacial score (nSPS) is 24.3. The van der Waals surface area contributed by atoms with Gasteiger partial charge in [-0.15, -0.1) is 0 Å². The molecule has 0 spiro atoms. The van der Waals surface area contributed by atoms with Crippen molar-refractivity contribution in [2.75, 3.05) is 24.5 Å². The molecule has 1 heteroatoms. The maximum Gasteiger partial charge on any atom is -0.0178 e. The van der Waals surface area contributed by atoms with Crippen LogP contribution in [0.1, 0.15) is 45.4 Å². The van der Waals surface area contributed by atoms with Gasteiger partial charge in [0.2, 0.25) is 0 Å².